The number of halogens is 1. The van der Waals surface area contributed by atoms with Crippen molar-refractivity contribution >= 4 is 24.2 Å². The molecule has 5 heteroatoms. The minimum atomic E-state index is -0.00267. The van der Waals surface area contributed by atoms with Crippen molar-refractivity contribution in [2.75, 3.05) is 19.6 Å². The van der Waals surface area contributed by atoms with Gasteiger partial charge in [0, 0.05) is 18.9 Å². The molecule has 1 aliphatic heterocycles. The zero-order valence-electron chi connectivity index (χ0n) is 22.5. The summed E-state index contributed by atoms with van der Waals surface area (Å²) < 4.78 is 6.01. The molecule has 4 fully saturated rings. The van der Waals surface area contributed by atoms with Crippen LogP contribution < -0.4 is 0 Å². The number of carbonyl (C=O) groups is 2. The van der Waals surface area contributed by atoms with E-state index in [0.717, 1.165) is 51.2 Å². The SMILES string of the molecule is CC(=O)C1[C@H](C)CC2C3CC=C4CC(OC(=O)CCN5CCCCC5)CC[C@]4(C)C3CC[C@@]21C.Cl. The van der Waals surface area contributed by atoms with E-state index >= 15 is 0 Å². The van der Waals surface area contributed by atoms with E-state index in [1.807, 2.05) is 6.92 Å². The van der Waals surface area contributed by atoms with Gasteiger partial charge in [0.25, 0.3) is 0 Å². The molecule has 0 bridgehead atoms. The molecular weight excluding hydrogens is 458 g/mol. The van der Waals surface area contributed by atoms with Gasteiger partial charge in [0.15, 0.2) is 0 Å². The van der Waals surface area contributed by atoms with E-state index < -0.39 is 0 Å². The van der Waals surface area contributed by atoms with Crippen LogP contribution in [0.2, 0.25) is 0 Å². The van der Waals surface area contributed by atoms with E-state index in [1.165, 1.54) is 38.5 Å². The van der Waals surface area contributed by atoms with Crippen LogP contribution in [0, 0.1) is 40.4 Å². The molecule has 0 aromatic carbocycles. The Hall–Kier alpha value is -0.870. The summed E-state index contributed by atoms with van der Waals surface area (Å²) in [4.78, 5) is 27.6. The molecule has 4 aliphatic carbocycles. The Morgan fingerprint density at radius 1 is 1.09 bits per heavy atom. The van der Waals surface area contributed by atoms with Crippen LogP contribution in [0.25, 0.3) is 0 Å². The second-order valence-electron chi connectivity index (χ2n) is 13.1. The summed E-state index contributed by atoms with van der Waals surface area (Å²) in [6.45, 7) is 12.2. The van der Waals surface area contributed by atoms with E-state index in [1.54, 1.807) is 5.57 Å². The molecule has 0 N–H and O–H groups in total. The van der Waals surface area contributed by atoms with Crippen LogP contribution in [-0.4, -0.2) is 42.4 Å². The fourth-order valence-electron chi connectivity index (χ4n) is 9.63. The molecule has 8 atom stereocenters. The Kier molecular flexibility index (Phi) is 8.14. The Bertz CT molecular complexity index is 835. The first-order chi connectivity index (χ1) is 16.2. The van der Waals surface area contributed by atoms with Gasteiger partial charge in [-0.3, -0.25) is 9.59 Å². The third-order valence-electron chi connectivity index (χ3n) is 11.2. The van der Waals surface area contributed by atoms with Crippen molar-refractivity contribution in [3.8, 4) is 0 Å². The molecular formula is C30H48ClNO3. The van der Waals surface area contributed by atoms with E-state index in [0.29, 0.717) is 30.0 Å². The molecule has 0 spiro atoms. The molecule has 3 saturated carbocycles. The number of fused-ring (bicyclic) bond motifs is 5. The molecule has 5 unspecified atom stereocenters. The number of ketones is 1. The number of esters is 1. The van der Waals surface area contributed by atoms with Crippen molar-refractivity contribution in [2.45, 2.75) is 104 Å². The minimum absolute atomic E-state index is 0. The number of piperidine rings is 1. The molecule has 198 valence electrons. The molecule has 0 aromatic heterocycles. The van der Waals surface area contributed by atoms with Crippen LogP contribution in [0.5, 0.6) is 0 Å². The molecule has 0 amide bonds. The highest BCUT2D eigenvalue weighted by Gasteiger charge is 2.61. The fourth-order valence-corrected chi connectivity index (χ4v) is 9.63. The zero-order valence-corrected chi connectivity index (χ0v) is 23.3. The van der Waals surface area contributed by atoms with Crippen molar-refractivity contribution < 1.29 is 14.3 Å². The van der Waals surface area contributed by atoms with Gasteiger partial charge in [-0.05, 0) is 106 Å². The van der Waals surface area contributed by atoms with E-state index in [2.05, 4.69) is 31.7 Å². The van der Waals surface area contributed by atoms with Crippen LogP contribution in [0.3, 0.4) is 0 Å². The lowest BCUT2D eigenvalue weighted by Crippen LogP contribution is -2.51. The minimum Gasteiger partial charge on any atom is -0.462 e. The molecule has 5 aliphatic rings. The second-order valence-corrected chi connectivity index (χ2v) is 13.1. The summed E-state index contributed by atoms with van der Waals surface area (Å²) in [6, 6.07) is 0. The quantitative estimate of drug-likeness (QED) is 0.311. The van der Waals surface area contributed by atoms with Gasteiger partial charge >= 0.3 is 5.97 Å². The van der Waals surface area contributed by atoms with Crippen LogP contribution in [0.1, 0.15) is 98.3 Å². The predicted octanol–water partition coefficient (Wildman–Crippen LogP) is 6.61. The molecule has 0 radical (unpaired) electrons. The molecule has 5 rings (SSSR count). The van der Waals surface area contributed by atoms with E-state index in [9.17, 15) is 9.59 Å². The van der Waals surface area contributed by atoms with Crippen LogP contribution >= 0.6 is 12.4 Å². The Morgan fingerprint density at radius 3 is 2.54 bits per heavy atom. The maximum Gasteiger partial charge on any atom is 0.307 e. The summed E-state index contributed by atoms with van der Waals surface area (Å²) >= 11 is 0. The fraction of sp³-hybridized carbons (Fsp3) is 0.867. The van der Waals surface area contributed by atoms with Crippen molar-refractivity contribution in [1.82, 2.24) is 4.90 Å². The molecule has 1 heterocycles. The Morgan fingerprint density at radius 2 is 1.83 bits per heavy atom. The predicted molar refractivity (Wildman–Crippen MR) is 142 cm³/mol. The highest BCUT2D eigenvalue weighted by atomic mass is 35.5. The smallest absolute Gasteiger partial charge is 0.307 e. The number of likely N-dealkylation sites (tertiary alicyclic amines) is 1. The number of hydrogen-bond donors (Lipinski definition) is 0. The largest absolute Gasteiger partial charge is 0.462 e. The van der Waals surface area contributed by atoms with Crippen LogP contribution in [-0.2, 0) is 14.3 Å². The maximum atomic E-state index is 12.6. The van der Waals surface area contributed by atoms with Gasteiger partial charge in [-0.2, -0.15) is 0 Å². The number of carbonyl (C=O) groups excluding carboxylic acids is 2. The van der Waals surface area contributed by atoms with Crippen molar-refractivity contribution in [1.29, 1.82) is 0 Å². The lowest BCUT2D eigenvalue weighted by Gasteiger charge is -2.58. The van der Waals surface area contributed by atoms with Gasteiger partial charge in [0.05, 0.1) is 6.42 Å². The van der Waals surface area contributed by atoms with Gasteiger partial charge in [-0.25, -0.2) is 0 Å². The number of rotatable bonds is 5. The highest BCUT2D eigenvalue weighted by molar-refractivity contribution is 5.85. The molecule has 0 aromatic rings. The number of allylic oxidation sites excluding steroid dienone is 1. The third kappa shape index (κ3) is 4.88. The molecule has 4 nitrogen and oxygen atoms in total. The van der Waals surface area contributed by atoms with Crippen molar-refractivity contribution in [2.24, 2.45) is 40.4 Å². The summed E-state index contributed by atoms with van der Waals surface area (Å²) in [5.41, 5.74) is 2.00. The van der Waals surface area contributed by atoms with E-state index in [4.69, 9.17) is 4.74 Å². The first kappa shape index (κ1) is 27.2. The topological polar surface area (TPSA) is 46.6 Å². The number of ether oxygens (including phenoxy) is 1. The first-order valence-electron chi connectivity index (χ1n) is 14.3. The first-order valence-corrected chi connectivity index (χ1v) is 14.3. The van der Waals surface area contributed by atoms with Gasteiger partial charge in [-0.15, -0.1) is 12.4 Å². The van der Waals surface area contributed by atoms with Gasteiger partial charge in [0.2, 0.25) is 0 Å². The average Bonchev–Trinajstić information content (AvgIpc) is 3.08. The second kappa shape index (κ2) is 10.5. The number of hydrogen-bond acceptors (Lipinski definition) is 4. The number of nitrogens with zero attached hydrogens (tertiary/aromatic N) is 1. The van der Waals surface area contributed by atoms with E-state index in [-0.39, 0.29) is 41.2 Å². The zero-order chi connectivity index (χ0) is 24.1. The van der Waals surface area contributed by atoms with Crippen LogP contribution in [0.15, 0.2) is 11.6 Å². The lowest BCUT2D eigenvalue weighted by molar-refractivity contribution is -0.152. The molecule has 1 saturated heterocycles. The van der Waals surface area contributed by atoms with Gasteiger partial charge in [-0.1, -0.05) is 38.8 Å². The van der Waals surface area contributed by atoms with Crippen molar-refractivity contribution in [3.63, 3.8) is 0 Å². The van der Waals surface area contributed by atoms with Crippen LogP contribution in [0.4, 0.5) is 0 Å². The standard InChI is InChI=1S/C30H47NO3.ClH/c1-20-18-26-24-9-8-22-19-23(34-27(33)12-17-31-15-6-5-7-16-31)10-13-29(22,3)25(24)11-14-30(26,4)28(20)21(2)32;/h8,20,23-26,28H,5-7,9-19H2,1-4H3;1H/t20-,23?,24?,25?,26?,28?,29+,30+;/m1./s1. The average molecular weight is 506 g/mol. The summed E-state index contributed by atoms with van der Waals surface area (Å²) in [7, 11) is 0. The van der Waals surface area contributed by atoms with Gasteiger partial charge < -0.3 is 9.64 Å². The summed E-state index contributed by atoms with van der Waals surface area (Å²) in [5, 5.41) is 0. The number of Topliss-reactive ketones (excluding diaryl/α,β-unsaturated/α-hetero) is 1. The molecule has 35 heavy (non-hydrogen) atoms. The summed E-state index contributed by atoms with van der Waals surface area (Å²) in [6.07, 6.45) is 14.9. The van der Waals surface area contributed by atoms with Crippen molar-refractivity contribution in [3.05, 3.63) is 11.6 Å². The monoisotopic (exact) mass is 505 g/mol. The Labute approximate surface area is 219 Å². The summed E-state index contributed by atoms with van der Waals surface area (Å²) in [5.74, 6) is 3.28. The lowest BCUT2D eigenvalue weighted by atomic mass is 9.47. The maximum absolute atomic E-state index is 12.6. The highest BCUT2D eigenvalue weighted by Crippen LogP contribution is 2.67. The van der Waals surface area contributed by atoms with Gasteiger partial charge in [0.1, 0.15) is 11.9 Å². The normalized spacial score (nSPS) is 43.1. The Balaban J connectivity index is 0.00000289. The third-order valence-corrected chi connectivity index (χ3v) is 11.2.